The lowest BCUT2D eigenvalue weighted by molar-refractivity contribution is -0.129. The first-order valence-electron chi connectivity index (χ1n) is 9.33. The molecule has 1 N–H and O–H groups in total. The molecule has 2 amide bonds. The maximum atomic E-state index is 12.7. The Bertz CT molecular complexity index is 791. The maximum Gasteiger partial charge on any atom is 0.225 e. The Morgan fingerprint density at radius 2 is 1.89 bits per heavy atom. The summed E-state index contributed by atoms with van der Waals surface area (Å²) in [5.74, 6) is 0.419. The largest absolute Gasteiger partial charge is 0.496 e. The van der Waals surface area contributed by atoms with Gasteiger partial charge < -0.3 is 15.0 Å². The highest BCUT2D eigenvalue weighted by molar-refractivity contribution is 5.89. The maximum absolute atomic E-state index is 12.7. The number of ether oxygens (including phenoxy) is 1. The fourth-order valence-corrected chi connectivity index (χ4v) is 3.51. The molecular formula is C22H26N2O3. The standard InChI is InChI=1S/C22H26N2O3/c1-16(19-10-6-7-11-20(19)27-2)23-22(26)18-14-21(25)24(15-18)13-12-17-8-4-3-5-9-17/h3-11,16,18H,12-15H2,1-2H3,(H,23,26). The summed E-state index contributed by atoms with van der Waals surface area (Å²) in [5.41, 5.74) is 2.13. The van der Waals surface area contributed by atoms with Crippen molar-refractivity contribution in [2.75, 3.05) is 20.2 Å². The third kappa shape index (κ3) is 4.67. The third-order valence-electron chi connectivity index (χ3n) is 5.06. The molecule has 2 unspecified atom stereocenters. The number of amides is 2. The summed E-state index contributed by atoms with van der Waals surface area (Å²) in [4.78, 5) is 26.8. The fraction of sp³-hybridized carbons (Fsp3) is 0.364. The molecule has 1 aliphatic rings. The van der Waals surface area contributed by atoms with Gasteiger partial charge >= 0.3 is 0 Å². The van der Waals surface area contributed by atoms with E-state index >= 15 is 0 Å². The highest BCUT2D eigenvalue weighted by Gasteiger charge is 2.34. The Kier molecular flexibility index (Phi) is 6.12. The molecule has 0 aliphatic carbocycles. The van der Waals surface area contributed by atoms with Gasteiger partial charge in [-0.1, -0.05) is 48.5 Å². The second-order valence-electron chi connectivity index (χ2n) is 6.95. The second-order valence-corrected chi connectivity index (χ2v) is 6.95. The van der Waals surface area contributed by atoms with Crippen LogP contribution >= 0.6 is 0 Å². The Morgan fingerprint density at radius 1 is 1.19 bits per heavy atom. The van der Waals surface area contributed by atoms with E-state index in [1.807, 2.05) is 49.4 Å². The molecule has 2 aromatic carbocycles. The highest BCUT2D eigenvalue weighted by Crippen LogP contribution is 2.26. The average molecular weight is 366 g/mol. The summed E-state index contributed by atoms with van der Waals surface area (Å²) in [7, 11) is 1.62. The normalized spacial score (nSPS) is 17.6. The van der Waals surface area contributed by atoms with Crippen molar-refractivity contribution in [3.05, 3.63) is 65.7 Å². The Balaban J connectivity index is 1.55. The van der Waals surface area contributed by atoms with Crippen LogP contribution in [0.15, 0.2) is 54.6 Å². The first-order valence-corrected chi connectivity index (χ1v) is 9.33. The zero-order chi connectivity index (χ0) is 19.2. The van der Waals surface area contributed by atoms with Crippen molar-refractivity contribution in [1.82, 2.24) is 10.2 Å². The lowest BCUT2D eigenvalue weighted by Crippen LogP contribution is -2.35. The third-order valence-corrected chi connectivity index (χ3v) is 5.06. The van der Waals surface area contributed by atoms with Crippen LogP contribution in [0.5, 0.6) is 5.75 Å². The molecule has 3 rings (SSSR count). The topological polar surface area (TPSA) is 58.6 Å². The van der Waals surface area contributed by atoms with Gasteiger partial charge in [-0.2, -0.15) is 0 Å². The van der Waals surface area contributed by atoms with Crippen molar-refractivity contribution in [2.45, 2.75) is 25.8 Å². The number of hydrogen-bond donors (Lipinski definition) is 1. The molecule has 2 atom stereocenters. The predicted molar refractivity (Wildman–Crippen MR) is 104 cm³/mol. The number of methoxy groups -OCH3 is 1. The van der Waals surface area contributed by atoms with E-state index in [4.69, 9.17) is 4.74 Å². The lowest BCUT2D eigenvalue weighted by atomic mass is 10.0. The summed E-state index contributed by atoms with van der Waals surface area (Å²) in [6.45, 7) is 3.06. The molecule has 5 nitrogen and oxygen atoms in total. The Labute approximate surface area is 160 Å². The molecule has 27 heavy (non-hydrogen) atoms. The molecule has 0 aromatic heterocycles. The molecule has 1 saturated heterocycles. The van der Waals surface area contributed by atoms with Crippen molar-refractivity contribution in [2.24, 2.45) is 5.92 Å². The number of hydrogen-bond acceptors (Lipinski definition) is 3. The predicted octanol–water partition coefficient (Wildman–Crippen LogP) is 2.96. The average Bonchev–Trinajstić information content (AvgIpc) is 3.08. The Morgan fingerprint density at radius 3 is 2.63 bits per heavy atom. The Hall–Kier alpha value is -2.82. The van der Waals surface area contributed by atoms with Crippen molar-refractivity contribution in [3.8, 4) is 5.75 Å². The number of nitrogens with one attached hydrogen (secondary N) is 1. The molecule has 142 valence electrons. The van der Waals surface area contributed by atoms with Gasteiger partial charge in [-0.25, -0.2) is 0 Å². The zero-order valence-electron chi connectivity index (χ0n) is 15.9. The van der Waals surface area contributed by atoms with Crippen LogP contribution in [0.2, 0.25) is 0 Å². The molecule has 2 aromatic rings. The van der Waals surface area contributed by atoms with Crippen LogP contribution < -0.4 is 10.1 Å². The minimum Gasteiger partial charge on any atom is -0.496 e. The minimum atomic E-state index is -0.301. The number of para-hydroxylation sites is 1. The van der Waals surface area contributed by atoms with Gasteiger partial charge in [0.15, 0.2) is 0 Å². The number of rotatable bonds is 7. The van der Waals surface area contributed by atoms with E-state index in [2.05, 4.69) is 17.4 Å². The van der Waals surface area contributed by atoms with Crippen LogP contribution in [0, 0.1) is 5.92 Å². The second kappa shape index (κ2) is 8.71. The molecular weight excluding hydrogens is 340 g/mol. The van der Waals surface area contributed by atoms with Gasteiger partial charge in [-0.05, 0) is 25.0 Å². The molecule has 1 heterocycles. The van der Waals surface area contributed by atoms with Crippen LogP contribution in [0.4, 0.5) is 0 Å². The van der Waals surface area contributed by atoms with E-state index < -0.39 is 0 Å². The van der Waals surface area contributed by atoms with E-state index in [0.717, 1.165) is 17.7 Å². The summed E-state index contributed by atoms with van der Waals surface area (Å²) in [5, 5.41) is 3.03. The number of carbonyl (C=O) groups excluding carboxylic acids is 2. The van der Waals surface area contributed by atoms with Gasteiger partial charge in [0.05, 0.1) is 19.1 Å². The first kappa shape index (κ1) is 19.0. The first-order chi connectivity index (χ1) is 13.1. The zero-order valence-corrected chi connectivity index (χ0v) is 15.9. The monoisotopic (exact) mass is 366 g/mol. The number of likely N-dealkylation sites (tertiary alicyclic amines) is 1. The van der Waals surface area contributed by atoms with Crippen LogP contribution in [-0.4, -0.2) is 36.9 Å². The van der Waals surface area contributed by atoms with E-state index in [0.29, 0.717) is 13.1 Å². The van der Waals surface area contributed by atoms with Gasteiger partial charge in [0.25, 0.3) is 0 Å². The molecule has 5 heteroatoms. The smallest absolute Gasteiger partial charge is 0.225 e. The number of benzene rings is 2. The van der Waals surface area contributed by atoms with Gasteiger partial charge in [0.1, 0.15) is 5.75 Å². The number of carbonyl (C=O) groups is 2. The van der Waals surface area contributed by atoms with Gasteiger partial charge in [0.2, 0.25) is 11.8 Å². The quantitative estimate of drug-likeness (QED) is 0.820. The number of nitrogens with zero attached hydrogens (tertiary/aromatic N) is 1. The summed E-state index contributed by atoms with van der Waals surface area (Å²) in [6, 6.07) is 17.5. The summed E-state index contributed by atoms with van der Waals surface area (Å²) >= 11 is 0. The van der Waals surface area contributed by atoms with Crippen LogP contribution in [0.3, 0.4) is 0 Å². The SMILES string of the molecule is COc1ccccc1C(C)NC(=O)C1CC(=O)N(CCc2ccccc2)C1. The summed E-state index contributed by atoms with van der Waals surface area (Å²) < 4.78 is 5.37. The van der Waals surface area contributed by atoms with Crippen LogP contribution in [0.1, 0.15) is 30.5 Å². The highest BCUT2D eigenvalue weighted by atomic mass is 16.5. The fourth-order valence-electron chi connectivity index (χ4n) is 3.51. The van der Waals surface area contributed by atoms with Gasteiger partial charge in [-0.15, -0.1) is 0 Å². The molecule has 0 spiro atoms. The van der Waals surface area contributed by atoms with Crippen molar-refractivity contribution >= 4 is 11.8 Å². The van der Waals surface area contributed by atoms with Crippen molar-refractivity contribution < 1.29 is 14.3 Å². The molecule has 0 bridgehead atoms. The van der Waals surface area contributed by atoms with Crippen molar-refractivity contribution in [1.29, 1.82) is 0 Å². The molecule has 0 saturated carbocycles. The molecule has 1 fully saturated rings. The van der Waals surface area contributed by atoms with E-state index in [1.54, 1.807) is 12.0 Å². The van der Waals surface area contributed by atoms with Crippen LogP contribution in [0.25, 0.3) is 0 Å². The van der Waals surface area contributed by atoms with Gasteiger partial charge in [-0.3, -0.25) is 9.59 Å². The van der Waals surface area contributed by atoms with E-state index in [-0.39, 0.29) is 30.2 Å². The van der Waals surface area contributed by atoms with Gasteiger partial charge in [0, 0.05) is 25.1 Å². The van der Waals surface area contributed by atoms with E-state index in [1.165, 1.54) is 5.56 Å². The van der Waals surface area contributed by atoms with E-state index in [9.17, 15) is 9.59 Å². The minimum absolute atomic E-state index is 0.0519. The van der Waals surface area contributed by atoms with Crippen molar-refractivity contribution in [3.63, 3.8) is 0 Å². The van der Waals surface area contributed by atoms with Crippen LogP contribution in [-0.2, 0) is 16.0 Å². The molecule has 0 radical (unpaired) electrons. The summed E-state index contributed by atoms with van der Waals surface area (Å²) in [6.07, 6.45) is 1.08. The molecule has 1 aliphatic heterocycles. The lowest BCUT2D eigenvalue weighted by Gasteiger charge is -2.20.